The van der Waals surface area contributed by atoms with E-state index in [0.717, 1.165) is 12.8 Å². The first-order valence-corrected chi connectivity index (χ1v) is 16.4. The van der Waals surface area contributed by atoms with Crippen molar-refractivity contribution < 1.29 is 48.2 Å². The van der Waals surface area contributed by atoms with Gasteiger partial charge < -0.3 is 38.6 Å². The van der Waals surface area contributed by atoms with Gasteiger partial charge in [0.2, 0.25) is 0 Å². The van der Waals surface area contributed by atoms with Crippen molar-refractivity contribution in [2.45, 2.75) is 103 Å². The number of carboxylic acids is 2. The number of rotatable bonds is 34. The molecule has 0 aromatic carbocycles. The van der Waals surface area contributed by atoms with E-state index in [-0.39, 0.29) is 26.4 Å². The maximum atomic E-state index is 10.9. The van der Waals surface area contributed by atoms with Gasteiger partial charge in [-0.25, -0.2) is 9.59 Å². The van der Waals surface area contributed by atoms with Gasteiger partial charge in [-0.1, -0.05) is 102 Å². The van der Waals surface area contributed by atoms with Crippen molar-refractivity contribution in [3.8, 4) is 0 Å². The van der Waals surface area contributed by atoms with Crippen LogP contribution < -0.4 is 0 Å². The molecule has 0 amide bonds. The maximum Gasteiger partial charge on any atom is 0.329 e. The van der Waals surface area contributed by atoms with Gasteiger partial charge in [0.15, 0.2) is 0 Å². The normalized spacial score (nSPS) is 13.4. The minimum absolute atomic E-state index is 0.190. The molecule has 2 atom stereocenters. The number of carboxylic acid groups (broad SMARTS) is 2. The molecular weight excluding hydrogens is 568 g/mol. The molecule has 0 saturated heterocycles. The van der Waals surface area contributed by atoms with E-state index < -0.39 is 37.4 Å². The second-order valence-corrected chi connectivity index (χ2v) is 10.6. The average Bonchev–Trinajstić information content (AvgIpc) is 3.00. The molecule has 0 aromatic heterocycles. The molecule has 0 rings (SSSR count). The predicted molar refractivity (Wildman–Crippen MR) is 172 cm³/mol. The van der Waals surface area contributed by atoms with Crippen molar-refractivity contribution in [3.63, 3.8) is 0 Å². The Kier molecular flexibility index (Phi) is 32.2. The third kappa shape index (κ3) is 32.8. The van der Waals surface area contributed by atoms with Gasteiger partial charge in [0.05, 0.1) is 52.9 Å². The first-order valence-electron chi connectivity index (χ1n) is 16.4. The molecule has 0 aliphatic heterocycles. The minimum Gasteiger partial charge on any atom is -0.480 e. The second-order valence-electron chi connectivity index (χ2n) is 10.6. The number of aliphatic carboxylic acids is 2. The van der Waals surface area contributed by atoms with Crippen molar-refractivity contribution in [2.24, 2.45) is 0 Å². The first kappa shape index (κ1) is 41.9. The van der Waals surface area contributed by atoms with Gasteiger partial charge in [0.1, 0.15) is 25.4 Å². The van der Waals surface area contributed by atoms with Crippen LogP contribution in [-0.4, -0.2) is 100 Å². The summed E-state index contributed by atoms with van der Waals surface area (Å²) >= 11 is 0. The summed E-state index contributed by atoms with van der Waals surface area (Å²) in [5.74, 6) is -2.09. The number of ether oxygens (including phenoxy) is 6. The Labute approximate surface area is 265 Å². The lowest BCUT2D eigenvalue weighted by atomic mass is 10.1. The van der Waals surface area contributed by atoms with Crippen molar-refractivity contribution in [3.05, 3.63) is 36.5 Å². The highest BCUT2D eigenvalue weighted by Crippen LogP contribution is 2.06. The molecule has 2 N–H and O–H groups in total. The van der Waals surface area contributed by atoms with E-state index in [9.17, 15) is 9.59 Å². The summed E-state index contributed by atoms with van der Waals surface area (Å²) < 4.78 is 33.2. The van der Waals surface area contributed by atoms with Crippen LogP contribution in [0.2, 0.25) is 0 Å². The smallest absolute Gasteiger partial charge is 0.329 e. The standard InChI is InChI=1S/C34H60O10/c1-3-5-7-9-11-13-15-17-21-39-25-31(43-29-33(35)36)27-41-23-19-20-24-42-28-32(44-30-34(37)38)26-40-22-18-16-14-12-10-8-6-4-2/h15-20,31-32H,3-14,21-30H2,1-2H3,(H,35,36)(H,37,38)/b17-15+,18-16+,20-19-. The number of unbranched alkanes of at least 4 members (excludes halogenated alkanes) is 10. The van der Waals surface area contributed by atoms with Crippen LogP contribution >= 0.6 is 0 Å². The van der Waals surface area contributed by atoms with Crippen LogP contribution in [0.15, 0.2) is 36.5 Å². The number of allylic oxidation sites excluding steroid dienone is 2. The molecule has 0 aliphatic rings. The molecule has 256 valence electrons. The third-order valence-electron chi connectivity index (χ3n) is 6.40. The Balaban J connectivity index is 4.17. The molecule has 0 bridgehead atoms. The largest absolute Gasteiger partial charge is 0.480 e. The maximum absolute atomic E-state index is 10.9. The van der Waals surface area contributed by atoms with Crippen LogP contribution in [-0.2, 0) is 38.0 Å². The Morgan fingerprint density at radius 1 is 0.500 bits per heavy atom. The van der Waals surface area contributed by atoms with Crippen LogP contribution in [0, 0.1) is 0 Å². The molecule has 0 saturated carbocycles. The Morgan fingerprint density at radius 3 is 1.14 bits per heavy atom. The van der Waals surface area contributed by atoms with Gasteiger partial charge in [-0.3, -0.25) is 0 Å². The summed E-state index contributed by atoms with van der Waals surface area (Å²) in [5.41, 5.74) is 0. The molecule has 0 aromatic rings. The highest BCUT2D eigenvalue weighted by atomic mass is 16.6. The molecule has 0 spiro atoms. The SMILES string of the molecule is CCCCCCC/C=C/COCC(COC/C=C\COCC(COC/C=C/CCCCCCC)OCC(=O)O)OCC(=O)O. The van der Waals surface area contributed by atoms with Crippen LogP contribution in [0.3, 0.4) is 0 Å². The summed E-state index contributed by atoms with van der Waals surface area (Å²) in [4.78, 5) is 21.8. The van der Waals surface area contributed by atoms with E-state index >= 15 is 0 Å². The van der Waals surface area contributed by atoms with Crippen molar-refractivity contribution in [1.82, 2.24) is 0 Å². The Morgan fingerprint density at radius 2 is 0.818 bits per heavy atom. The monoisotopic (exact) mass is 628 g/mol. The fourth-order valence-electron chi connectivity index (χ4n) is 3.98. The summed E-state index contributed by atoms with van der Waals surface area (Å²) in [6.45, 7) is 5.89. The molecular formula is C34H60O10. The van der Waals surface area contributed by atoms with Gasteiger partial charge >= 0.3 is 11.9 Å². The molecule has 10 heteroatoms. The van der Waals surface area contributed by atoms with Gasteiger partial charge in [0, 0.05) is 0 Å². The summed E-state index contributed by atoms with van der Waals surface area (Å²) in [6.07, 6.45) is 25.3. The molecule has 44 heavy (non-hydrogen) atoms. The van der Waals surface area contributed by atoms with E-state index in [1.165, 1.54) is 64.2 Å². The lowest BCUT2D eigenvalue weighted by Crippen LogP contribution is -2.28. The zero-order chi connectivity index (χ0) is 32.4. The first-order chi connectivity index (χ1) is 21.5. The van der Waals surface area contributed by atoms with E-state index in [0.29, 0.717) is 26.4 Å². The lowest BCUT2D eigenvalue weighted by molar-refractivity contribution is -0.148. The van der Waals surface area contributed by atoms with E-state index in [2.05, 4.69) is 26.0 Å². The van der Waals surface area contributed by atoms with Crippen LogP contribution in [0.1, 0.15) is 90.9 Å². The molecule has 0 fully saturated rings. The Bertz CT molecular complexity index is 678. The van der Waals surface area contributed by atoms with Gasteiger partial charge in [-0.15, -0.1) is 0 Å². The fraction of sp³-hybridized carbons (Fsp3) is 0.765. The number of carbonyl (C=O) groups is 2. The Hall–Kier alpha value is -2.08. The number of hydrogen-bond acceptors (Lipinski definition) is 8. The zero-order valence-electron chi connectivity index (χ0n) is 27.3. The fourth-order valence-corrected chi connectivity index (χ4v) is 3.98. The molecule has 0 aliphatic carbocycles. The minimum atomic E-state index is -1.05. The van der Waals surface area contributed by atoms with Crippen LogP contribution in [0.25, 0.3) is 0 Å². The number of hydrogen-bond donors (Lipinski definition) is 2. The van der Waals surface area contributed by atoms with Crippen LogP contribution in [0.5, 0.6) is 0 Å². The quantitative estimate of drug-likeness (QED) is 0.0611. The summed E-state index contributed by atoms with van der Waals surface area (Å²) in [5, 5.41) is 17.9. The second kappa shape index (κ2) is 33.8. The predicted octanol–water partition coefficient (Wildman–Crippen LogP) is 6.38. The van der Waals surface area contributed by atoms with Crippen molar-refractivity contribution >= 4 is 11.9 Å². The highest BCUT2D eigenvalue weighted by Gasteiger charge is 2.13. The topological polar surface area (TPSA) is 130 Å². The lowest BCUT2D eigenvalue weighted by Gasteiger charge is -2.17. The van der Waals surface area contributed by atoms with Crippen LogP contribution in [0.4, 0.5) is 0 Å². The molecule has 10 nitrogen and oxygen atoms in total. The van der Waals surface area contributed by atoms with E-state index in [4.69, 9.17) is 38.6 Å². The molecule has 0 radical (unpaired) electrons. The van der Waals surface area contributed by atoms with Crippen molar-refractivity contribution in [1.29, 1.82) is 0 Å². The highest BCUT2D eigenvalue weighted by molar-refractivity contribution is 5.68. The average molecular weight is 629 g/mol. The van der Waals surface area contributed by atoms with Gasteiger partial charge in [-0.05, 0) is 25.7 Å². The zero-order valence-corrected chi connectivity index (χ0v) is 27.3. The van der Waals surface area contributed by atoms with Gasteiger partial charge in [0.25, 0.3) is 0 Å². The summed E-state index contributed by atoms with van der Waals surface area (Å²) in [7, 11) is 0. The van der Waals surface area contributed by atoms with E-state index in [1.54, 1.807) is 12.2 Å². The van der Waals surface area contributed by atoms with Gasteiger partial charge in [-0.2, -0.15) is 0 Å². The summed E-state index contributed by atoms with van der Waals surface area (Å²) in [6, 6.07) is 0. The third-order valence-corrected chi connectivity index (χ3v) is 6.40. The van der Waals surface area contributed by atoms with Crippen molar-refractivity contribution in [2.75, 3.05) is 66.1 Å². The van der Waals surface area contributed by atoms with E-state index in [1.807, 2.05) is 12.2 Å². The molecule has 0 heterocycles. The molecule has 2 unspecified atom stereocenters.